The van der Waals surface area contributed by atoms with Crippen LogP contribution in [0.1, 0.15) is 32.1 Å². The number of nitrogens with zero attached hydrogens (tertiary/aromatic N) is 4. The van der Waals surface area contributed by atoms with Crippen molar-refractivity contribution in [2.75, 3.05) is 31.1 Å². The zero-order chi connectivity index (χ0) is 15.5. The number of hydrogen-bond acceptors (Lipinski definition) is 5. The first-order valence-corrected chi connectivity index (χ1v) is 9.55. The molecule has 2 aliphatic rings. The van der Waals surface area contributed by atoms with Gasteiger partial charge in [0.25, 0.3) is 0 Å². The van der Waals surface area contributed by atoms with Gasteiger partial charge in [-0.1, -0.05) is 36.8 Å². The smallest absolute Gasteiger partial charge is 0.205 e. The average molecular weight is 328 g/mol. The topological polar surface area (TPSA) is 32.3 Å². The maximum absolute atomic E-state index is 4.82. The van der Waals surface area contributed by atoms with Crippen molar-refractivity contribution in [3.05, 3.63) is 30.3 Å². The predicted molar refractivity (Wildman–Crippen MR) is 96.0 cm³/mol. The molecule has 2 aliphatic heterocycles. The Kier molecular flexibility index (Phi) is 4.57. The Morgan fingerprint density at radius 3 is 2.57 bits per heavy atom. The molecule has 1 aromatic heterocycles. The maximum Gasteiger partial charge on any atom is 0.205 e. The molecule has 2 aromatic rings. The molecular formula is C18H24N4S. The standard InChI is InChI=1S/C18H24N4S/c1-2-8-15(9-3-1)17-19-18(23-20-17)22-13-5-4-10-16(14-22)21-11-6-7-12-21/h1-3,8-9,16H,4-7,10-14H2. The summed E-state index contributed by atoms with van der Waals surface area (Å²) in [5.74, 6) is 0.868. The molecule has 2 saturated heterocycles. The van der Waals surface area contributed by atoms with Crippen LogP contribution in [-0.2, 0) is 0 Å². The van der Waals surface area contributed by atoms with E-state index < -0.39 is 0 Å². The summed E-state index contributed by atoms with van der Waals surface area (Å²) in [4.78, 5) is 9.99. The molecule has 4 nitrogen and oxygen atoms in total. The zero-order valence-electron chi connectivity index (χ0n) is 13.5. The fourth-order valence-electron chi connectivity index (χ4n) is 3.75. The Morgan fingerprint density at radius 1 is 0.957 bits per heavy atom. The van der Waals surface area contributed by atoms with Gasteiger partial charge in [0.1, 0.15) is 0 Å². The van der Waals surface area contributed by atoms with Gasteiger partial charge in [0, 0.05) is 36.2 Å². The lowest BCUT2D eigenvalue weighted by Gasteiger charge is -2.30. The van der Waals surface area contributed by atoms with Crippen LogP contribution in [0, 0.1) is 0 Å². The minimum atomic E-state index is 0.698. The first kappa shape index (κ1) is 15.1. The van der Waals surface area contributed by atoms with Gasteiger partial charge >= 0.3 is 0 Å². The van der Waals surface area contributed by atoms with E-state index in [9.17, 15) is 0 Å². The van der Waals surface area contributed by atoms with Crippen LogP contribution < -0.4 is 4.90 Å². The molecule has 0 bridgehead atoms. The Balaban J connectivity index is 1.51. The molecule has 4 rings (SSSR count). The highest BCUT2D eigenvalue weighted by Crippen LogP contribution is 2.28. The van der Waals surface area contributed by atoms with E-state index in [0.29, 0.717) is 6.04 Å². The van der Waals surface area contributed by atoms with Gasteiger partial charge in [-0.25, -0.2) is 0 Å². The van der Waals surface area contributed by atoms with E-state index in [0.717, 1.165) is 29.6 Å². The van der Waals surface area contributed by atoms with E-state index in [4.69, 9.17) is 4.98 Å². The highest BCUT2D eigenvalue weighted by Gasteiger charge is 2.27. The van der Waals surface area contributed by atoms with Gasteiger partial charge in [0.15, 0.2) is 5.82 Å². The third-order valence-corrected chi connectivity index (χ3v) is 5.80. The molecule has 0 radical (unpaired) electrons. The summed E-state index contributed by atoms with van der Waals surface area (Å²) in [5.41, 5.74) is 1.11. The third-order valence-electron chi connectivity index (χ3n) is 5.02. The van der Waals surface area contributed by atoms with E-state index >= 15 is 0 Å². The second-order valence-electron chi connectivity index (χ2n) is 6.61. The van der Waals surface area contributed by atoms with E-state index in [1.165, 1.54) is 45.2 Å². The van der Waals surface area contributed by atoms with Crippen molar-refractivity contribution in [1.82, 2.24) is 14.3 Å². The monoisotopic (exact) mass is 328 g/mol. The molecule has 3 heterocycles. The van der Waals surface area contributed by atoms with Gasteiger partial charge in [0.05, 0.1) is 0 Å². The molecule has 122 valence electrons. The lowest BCUT2D eigenvalue weighted by Crippen LogP contribution is -2.41. The fourth-order valence-corrected chi connectivity index (χ4v) is 4.47. The Labute approximate surface area is 142 Å². The van der Waals surface area contributed by atoms with E-state index in [-0.39, 0.29) is 0 Å². The van der Waals surface area contributed by atoms with Crippen molar-refractivity contribution in [3.8, 4) is 11.4 Å². The van der Waals surface area contributed by atoms with Gasteiger partial charge in [-0.2, -0.15) is 9.36 Å². The van der Waals surface area contributed by atoms with Crippen LogP contribution in [0.2, 0.25) is 0 Å². The summed E-state index contributed by atoms with van der Waals surface area (Å²) in [6, 6.07) is 11.0. The first-order valence-electron chi connectivity index (χ1n) is 8.78. The van der Waals surface area contributed by atoms with Crippen molar-refractivity contribution < 1.29 is 0 Å². The quantitative estimate of drug-likeness (QED) is 0.861. The largest absolute Gasteiger partial charge is 0.345 e. The molecule has 1 atom stereocenters. The van der Waals surface area contributed by atoms with E-state index in [1.54, 1.807) is 11.5 Å². The summed E-state index contributed by atoms with van der Waals surface area (Å²) in [5, 5.41) is 1.09. The van der Waals surface area contributed by atoms with Crippen LogP contribution in [0.25, 0.3) is 11.4 Å². The lowest BCUT2D eigenvalue weighted by atomic mass is 10.1. The summed E-state index contributed by atoms with van der Waals surface area (Å²) >= 11 is 1.55. The van der Waals surface area contributed by atoms with Crippen molar-refractivity contribution in [3.63, 3.8) is 0 Å². The highest BCUT2D eigenvalue weighted by molar-refractivity contribution is 7.09. The molecule has 5 heteroatoms. The van der Waals surface area contributed by atoms with Gasteiger partial charge in [-0.15, -0.1) is 0 Å². The van der Waals surface area contributed by atoms with Gasteiger partial charge in [-0.3, -0.25) is 4.90 Å². The molecular weight excluding hydrogens is 304 g/mol. The van der Waals surface area contributed by atoms with Crippen LogP contribution in [0.4, 0.5) is 5.13 Å². The molecule has 2 fully saturated rings. The van der Waals surface area contributed by atoms with Gasteiger partial charge in [0.2, 0.25) is 5.13 Å². The van der Waals surface area contributed by atoms with E-state index in [2.05, 4.69) is 26.3 Å². The molecule has 0 saturated carbocycles. The van der Waals surface area contributed by atoms with Crippen LogP contribution in [-0.4, -0.2) is 46.5 Å². The molecule has 0 amide bonds. The molecule has 0 aliphatic carbocycles. The number of anilines is 1. The average Bonchev–Trinajstić information content (AvgIpc) is 3.24. The van der Waals surface area contributed by atoms with Crippen LogP contribution >= 0.6 is 11.5 Å². The number of aromatic nitrogens is 2. The van der Waals surface area contributed by atoms with Crippen molar-refractivity contribution in [2.24, 2.45) is 0 Å². The lowest BCUT2D eigenvalue weighted by molar-refractivity contribution is 0.236. The summed E-state index contributed by atoms with van der Waals surface area (Å²) < 4.78 is 4.59. The minimum absolute atomic E-state index is 0.698. The molecule has 1 aromatic carbocycles. The van der Waals surface area contributed by atoms with Crippen LogP contribution in [0.15, 0.2) is 30.3 Å². The Bertz CT molecular complexity index is 621. The van der Waals surface area contributed by atoms with Gasteiger partial charge in [-0.05, 0) is 38.8 Å². The van der Waals surface area contributed by atoms with Crippen molar-refractivity contribution >= 4 is 16.7 Å². The Morgan fingerprint density at radius 2 is 1.74 bits per heavy atom. The first-order chi connectivity index (χ1) is 11.4. The van der Waals surface area contributed by atoms with Crippen molar-refractivity contribution in [1.29, 1.82) is 0 Å². The second-order valence-corrected chi connectivity index (χ2v) is 7.34. The molecule has 23 heavy (non-hydrogen) atoms. The predicted octanol–water partition coefficient (Wildman–Crippen LogP) is 3.66. The second kappa shape index (κ2) is 6.97. The number of rotatable bonds is 3. The normalized spacial score (nSPS) is 23.1. The molecule has 1 unspecified atom stereocenters. The number of benzene rings is 1. The van der Waals surface area contributed by atoms with E-state index in [1.807, 2.05) is 18.2 Å². The van der Waals surface area contributed by atoms with Gasteiger partial charge < -0.3 is 4.90 Å². The SMILES string of the molecule is c1ccc(-c2nsc(N3CCCCC(N4CCCC4)C3)n2)cc1. The summed E-state index contributed by atoms with van der Waals surface area (Å²) in [6.07, 6.45) is 6.67. The maximum atomic E-state index is 4.82. The summed E-state index contributed by atoms with van der Waals surface area (Å²) in [6.45, 7) is 4.80. The summed E-state index contributed by atoms with van der Waals surface area (Å²) in [7, 11) is 0. The number of hydrogen-bond donors (Lipinski definition) is 0. The minimum Gasteiger partial charge on any atom is -0.345 e. The highest BCUT2D eigenvalue weighted by atomic mass is 32.1. The van der Waals surface area contributed by atoms with Crippen LogP contribution in [0.5, 0.6) is 0 Å². The zero-order valence-corrected chi connectivity index (χ0v) is 14.3. The van der Waals surface area contributed by atoms with Crippen LogP contribution in [0.3, 0.4) is 0 Å². The number of likely N-dealkylation sites (tertiary alicyclic amines) is 1. The Hall–Kier alpha value is -1.46. The fraction of sp³-hybridized carbons (Fsp3) is 0.556. The molecule has 0 N–H and O–H groups in total. The third kappa shape index (κ3) is 3.40. The van der Waals surface area contributed by atoms with Crippen molar-refractivity contribution in [2.45, 2.75) is 38.1 Å². The molecule has 0 spiro atoms.